The molecule has 0 atom stereocenters. The molecule has 3 aromatic rings. The molecule has 0 aliphatic carbocycles. The Morgan fingerprint density at radius 3 is 2.40 bits per heavy atom. The van der Waals surface area contributed by atoms with Gasteiger partial charge in [0.15, 0.2) is 5.75 Å². The van der Waals surface area contributed by atoms with Gasteiger partial charge in [0.2, 0.25) is 5.91 Å². The number of hydrogen-bond acceptors (Lipinski definition) is 7. The molecule has 2 N–H and O–H groups in total. The van der Waals surface area contributed by atoms with E-state index in [-0.39, 0.29) is 63.1 Å². The van der Waals surface area contributed by atoms with Gasteiger partial charge in [0.1, 0.15) is 12.4 Å². The predicted octanol–water partition coefficient (Wildman–Crippen LogP) is 2.29. The van der Waals surface area contributed by atoms with Crippen LogP contribution in [0.25, 0.3) is 16.8 Å². The van der Waals surface area contributed by atoms with Gasteiger partial charge in [-0.2, -0.15) is 9.78 Å². The quantitative estimate of drug-likeness (QED) is 0.447. The fourth-order valence-corrected chi connectivity index (χ4v) is 4.06. The van der Waals surface area contributed by atoms with E-state index in [1.54, 1.807) is 0 Å². The minimum absolute atomic E-state index is 0. The number of aromatic nitrogens is 2. The number of rotatable bonds is 7. The summed E-state index contributed by atoms with van der Waals surface area (Å²) in [6.07, 6.45) is 1.32. The Bertz CT molecular complexity index is 1410. The molecule has 0 saturated heterocycles. The van der Waals surface area contributed by atoms with Crippen molar-refractivity contribution >= 4 is 57.1 Å². The van der Waals surface area contributed by atoms with E-state index in [1.165, 1.54) is 56.4 Å². The third-order valence-electron chi connectivity index (χ3n) is 4.40. The van der Waals surface area contributed by atoms with E-state index >= 15 is 0 Å². The zero-order chi connectivity index (χ0) is 25.3. The summed E-state index contributed by atoms with van der Waals surface area (Å²) in [6, 6.07) is 8.98. The molecular weight excluding hydrogens is 512 g/mol. The van der Waals surface area contributed by atoms with Gasteiger partial charge in [0, 0.05) is 42.0 Å². The number of carbonyl (C=O) groups excluding carboxylic acids is 1. The molecular formula is C22H21ClFN3NaO6S. The van der Waals surface area contributed by atoms with Crippen LogP contribution in [-0.4, -0.2) is 71.0 Å². The van der Waals surface area contributed by atoms with Gasteiger partial charge >= 0.3 is 5.56 Å². The molecule has 0 bridgehead atoms. The van der Waals surface area contributed by atoms with Crippen molar-refractivity contribution < 1.29 is 27.4 Å². The molecule has 0 aliphatic heterocycles. The number of amides is 1. The molecule has 2 aromatic carbocycles. The van der Waals surface area contributed by atoms with Gasteiger partial charge in [-0.3, -0.25) is 9.59 Å². The number of ether oxygens (including phenoxy) is 1. The molecule has 0 fully saturated rings. The number of sulfonamides is 1. The zero-order valence-electron chi connectivity index (χ0n) is 19.4. The first kappa shape index (κ1) is 29.0. The van der Waals surface area contributed by atoms with Gasteiger partial charge in [0.05, 0.1) is 27.4 Å². The third kappa shape index (κ3) is 7.12. The van der Waals surface area contributed by atoms with E-state index in [9.17, 15) is 27.5 Å². The molecule has 1 heterocycles. The minimum atomic E-state index is -4.05. The third-order valence-corrected chi connectivity index (χ3v) is 6.14. The molecule has 0 saturated carbocycles. The molecule has 0 unspecified atom stereocenters. The predicted molar refractivity (Wildman–Crippen MR) is 129 cm³/mol. The van der Waals surface area contributed by atoms with Crippen LogP contribution in [0.5, 0.6) is 5.75 Å². The number of nitrogens with zero attached hydrogens (tertiary/aromatic N) is 2. The van der Waals surface area contributed by atoms with Crippen LogP contribution in [0.4, 0.5) is 4.39 Å². The maximum atomic E-state index is 13.6. The Morgan fingerprint density at radius 1 is 1.23 bits per heavy atom. The maximum Gasteiger partial charge on any atom is 0.314 e. The van der Waals surface area contributed by atoms with Crippen molar-refractivity contribution in [2.75, 3.05) is 6.61 Å². The van der Waals surface area contributed by atoms with Crippen LogP contribution in [0, 0.1) is 5.82 Å². The fourth-order valence-electron chi connectivity index (χ4n) is 2.89. The smallest absolute Gasteiger partial charge is 0.314 e. The van der Waals surface area contributed by atoms with E-state index in [4.69, 9.17) is 16.3 Å². The second-order valence-electron chi connectivity index (χ2n) is 7.99. The summed E-state index contributed by atoms with van der Waals surface area (Å²) in [7, 11) is -4.05. The van der Waals surface area contributed by atoms with Crippen LogP contribution in [0.2, 0.25) is 5.02 Å². The van der Waals surface area contributed by atoms with E-state index in [1.807, 2.05) is 4.72 Å². The Morgan fingerprint density at radius 2 is 1.86 bits per heavy atom. The Balaban J connectivity index is 0.00000432. The second-order valence-corrected chi connectivity index (χ2v) is 10.1. The van der Waals surface area contributed by atoms with Gasteiger partial charge in [-0.1, -0.05) is 23.7 Å². The molecule has 0 spiro atoms. The van der Waals surface area contributed by atoms with Crippen molar-refractivity contribution in [1.29, 1.82) is 0 Å². The average Bonchev–Trinajstić information content (AvgIpc) is 2.73. The number of benzene rings is 2. The van der Waals surface area contributed by atoms with Crippen LogP contribution in [0.3, 0.4) is 0 Å². The summed E-state index contributed by atoms with van der Waals surface area (Å²) in [4.78, 5) is 24.2. The SMILES string of the molecule is CC(=O)NS(=O)(=O)c1ccc(-c2cnn(-c3ccc(F)c(Cl)c3)c(=O)c2OCC(C)(C)O)cc1.[Na]. The average molecular weight is 533 g/mol. The van der Waals surface area contributed by atoms with Gasteiger partial charge < -0.3 is 9.84 Å². The van der Waals surface area contributed by atoms with Crippen molar-refractivity contribution in [2.45, 2.75) is 31.3 Å². The van der Waals surface area contributed by atoms with E-state index < -0.39 is 32.9 Å². The Labute approximate surface area is 228 Å². The van der Waals surface area contributed by atoms with Gasteiger partial charge in [0.25, 0.3) is 10.0 Å². The Hall–Kier alpha value is -2.28. The minimum Gasteiger partial charge on any atom is -0.484 e. The number of hydrogen-bond donors (Lipinski definition) is 2. The topological polar surface area (TPSA) is 128 Å². The number of halogens is 2. The molecule has 181 valence electrons. The standard InChI is InChI=1S/C22H21ClFN3O6S.Na/c1-13(28)26-34(31,32)16-7-4-14(5-8-16)17-11-25-27(15-6-9-19(24)18(23)10-15)21(29)20(17)33-12-22(2,3)30;/h4-11,30H,12H2,1-3H3,(H,26,28);. The first-order valence-corrected chi connectivity index (χ1v) is 11.7. The second kappa shape index (κ2) is 11.2. The van der Waals surface area contributed by atoms with Crippen LogP contribution >= 0.6 is 11.6 Å². The summed E-state index contributed by atoms with van der Waals surface area (Å²) in [5.41, 5.74) is -1.18. The molecule has 1 aromatic heterocycles. The van der Waals surface area contributed by atoms with Crippen LogP contribution in [-0.2, 0) is 14.8 Å². The molecule has 9 nitrogen and oxygen atoms in total. The summed E-state index contributed by atoms with van der Waals surface area (Å²) in [5, 5.41) is 14.0. The summed E-state index contributed by atoms with van der Waals surface area (Å²) in [6.45, 7) is 3.83. The molecule has 35 heavy (non-hydrogen) atoms. The van der Waals surface area contributed by atoms with Crippen molar-refractivity contribution in [3.8, 4) is 22.6 Å². The maximum absolute atomic E-state index is 13.6. The largest absolute Gasteiger partial charge is 0.484 e. The Kier molecular flexibility index (Phi) is 9.26. The van der Waals surface area contributed by atoms with Gasteiger partial charge in [-0.15, -0.1) is 0 Å². The van der Waals surface area contributed by atoms with Gasteiger partial charge in [-0.25, -0.2) is 17.5 Å². The fraction of sp³-hybridized carbons (Fsp3) is 0.227. The molecule has 13 heteroatoms. The van der Waals surface area contributed by atoms with E-state index in [2.05, 4.69) is 5.10 Å². The first-order valence-electron chi connectivity index (χ1n) is 9.85. The van der Waals surface area contributed by atoms with Crippen LogP contribution in [0.15, 0.2) is 58.4 Å². The number of aliphatic hydroxyl groups is 1. The van der Waals surface area contributed by atoms with E-state index in [0.717, 1.165) is 17.7 Å². The first-order chi connectivity index (χ1) is 15.8. The number of carbonyl (C=O) groups is 1. The summed E-state index contributed by atoms with van der Waals surface area (Å²) >= 11 is 5.83. The normalized spacial score (nSPS) is 11.5. The molecule has 1 radical (unpaired) electrons. The zero-order valence-corrected chi connectivity index (χ0v) is 22.9. The summed E-state index contributed by atoms with van der Waals surface area (Å²) in [5.74, 6) is -1.57. The van der Waals surface area contributed by atoms with Crippen molar-refractivity contribution in [3.63, 3.8) is 0 Å². The van der Waals surface area contributed by atoms with Crippen LogP contribution in [0.1, 0.15) is 20.8 Å². The van der Waals surface area contributed by atoms with Crippen LogP contribution < -0.4 is 15.0 Å². The molecule has 3 rings (SSSR count). The van der Waals surface area contributed by atoms with E-state index in [0.29, 0.717) is 5.56 Å². The molecule has 1 amide bonds. The summed E-state index contributed by atoms with van der Waals surface area (Å²) < 4.78 is 46.4. The van der Waals surface area contributed by atoms with Crippen molar-refractivity contribution in [2.24, 2.45) is 0 Å². The van der Waals surface area contributed by atoms with Crippen molar-refractivity contribution in [1.82, 2.24) is 14.5 Å². The molecule has 0 aliphatic rings. The van der Waals surface area contributed by atoms with Crippen molar-refractivity contribution in [3.05, 3.63) is 69.9 Å². The number of nitrogens with one attached hydrogen (secondary N) is 1. The van der Waals surface area contributed by atoms with Gasteiger partial charge in [-0.05, 0) is 49.7 Å². The monoisotopic (exact) mass is 532 g/mol.